The fourth-order valence-corrected chi connectivity index (χ4v) is 3.26. The molecule has 1 aromatic heterocycles. The van der Waals surface area contributed by atoms with Gasteiger partial charge in [-0.2, -0.15) is 0 Å². The van der Waals surface area contributed by atoms with Crippen molar-refractivity contribution < 1.29 is 14.3 Å². The summed E-state index contributed by atoms with van der Waals surface area (Å²) in [4.78, 5) is 28.7. The highest BCUT2D eigenvalue weighted by atomic mass is 16.5. The van der Waals surface area contributed by atoms with Gasteiger partial charge < -0.3 is 15.4 Å². The minimum atomic E-state index is -0.139. The topological polar surface area (TPSA) is 80.3 Å². The monoisotopic (exact) mass is 381 g/mol. The molecular weight excluding hydrogens is 354 g/mol. The molecular formula is C22H27N3O3. The van der Waals surface area contributed by atoms with Crippen LogP contribution in [0.5, 0.6) is 0 Å². The average Bonchev–Trinajstić information content (AvgIpc) is 3.19. The molecule has 6 nitrogen and oxygen atoms in total. The minimum Gasteiger partial charge on any atom is -0.376 e. The normalized spacial score (nSPS) is 18.6. The van der Waals surface area contributed by atoms with Crippen molar-refractivity contribution >= 4 is 11.8 Å². The van der Waals surface area contributed by atoms with Crippen LogP contribution in [0.1, 0.15) is 46.2 Å². The number of carbonyl (C=O) groups is 2. The Bertz CT molecular complexity index is 777. The Labute approximate surface area is 165 Å². The fraction of sp³-hybridized carbons (Fsp3) is 0.409. The zero-order valence-corrected chi connectivity index (χ0v) is 16.2. The summed E-state index contributed by atoms with van der Waals surface area (Å²) in [5.74, 6) is 0.0425. The Hall–Kier alpha value is -2.73. The van der Waals surface area contributed by atoms with Crippen molar-refractivity contribution in [3.05, 3.63) is 65.5 Å². The largest absolute Gasteiger partial charge is 0.376 e. The smallest absolute Gasteiger partial charge is 0.252 e. The third-order valence-electron chi connectivity index (χ3n) is 4.83. The van der Waals surface area contributed by atoms with E-state index in [0.29, 0.717) is 30.8 Å². The highest BCUT2D eigenvalue weighted by Gasteiger charge is 2.26. The molecule has 2 atom stereocenters. The predicted molar refractivity (Wildman–Crippen MR) is 107 cm³/mol. The second-order valence-electron chi connectivity index (χ2n) is 7.13. The maximum Gasteiger partial charge on any atom is 0.252 e. The molecule has 0 aliphatic carbocycles. The van der Waals surface area contributed by atoms with Crippen LogP contribution in [-0.4, -0.2) is 42.6 Å². The summed E-state index contributed by atoms with van der Waals surface area (Å²) < 4.78 is 5.76. The molecule has 1 aliphatic rings. The third-order valence-corrected chi connectivity index (χ3v) is 4.83. The molecule has 0 bridgehead atoms. The Balaban J connectivity index is 1.38. The van der Waals surface area contributed by atoms with Gasteiger partial charge in [-0.25, -0.2) is 0 Å². The Morgan fingerprint density at radius 1 is 1.04 bits per heavy atom. The lowest BCUT2D eigenvalue weighted by molar-refractivity contribution is 0.0843. The molecule has 2 heterocycles. The van der Waals surface area contributed by atoms with E-state index in [4.69, 9.17) is 4.74 Å². The summed E-state index contributed by atoms with van der Waals surface area (Å²) in [7, 11) is 0. The third kappa shape index (κ3) is 5.63. The molecule has 2 amide bonds. The van der Waals surface area contributed by atoms with Gasteiger partial charge in [0.05, 0.1) is 18.3 Å². The number of benzene rings is 1. The van der Waals surface area contributed by atoms with Crippen LogP contribution < -0.4 is 10.6 Å². The fourth-order valence-electron chi connectivity index (χ4n) is 3.26. The summed E-state index contributed by atoms with van der Waals surface area (Å²) >= 11 is 0. The highest BCUT2D eigenvalue weighted by molar-refractivity contribution is 5.94. The lowest BCUT2D eigenvalue weighted by atomic mass is 10.1. The van der Waals surface area contributed by atoms with Crippen molar-refractivity contribution in [1.29, 1.82) is 0 Å². The van der Waals surface area contributed by atoms with E-state index in [2.05, 4.69) is 22.5 Å². The number of nitrogens with one attached hydrogen (secondary N) is 2. The Kier molecular flexibility index (Phi) is 7.14. The van der Waals surface area contributed by atoms with Gasteiger partial charge in [-0.1, -0.05) is 31.5 Å². The first-order chi connectivity index (χ1) is 13.7. The second kappa shape index (κ2) is 9.99. The number of ether oxygens (including phenoxy) is 1. The lowest BCUT2D eigenvalue weighted by Gasteiger charge is -2.12. The number of aryl methyl sites for hydroxylation is 1. The van der Waals surface area contributed by atoms with Crippen LogP contribution in [0.3, 0.4) is 0 Å². The number of amides is 2. The van der Waals surface area contributed by atoms with E-state index in [1.54, 1.807) is 18.3 Å². The van der Waals surface area contributed by atoms with Crippen molar-refractivity contribution in [2.75, 3.05) is 19.7 Å². The van der Waals surface area contributed by atoms with E-state index in [9.17, 15) is 9.59 Å². The van der Waals surface area contributed by atoms with Gasteiger partial charge in [0, 0.05) is 36.5 Å². The highest BCUT2D eigenvalue weighted by Crippen LogP contribution is 2.18. The van der Waals surface area contributed by atoms with Crippen LogP contribution in [0.25, 0.3) is 0 Å². The minimum absolute atomic E-state index is 0.0325. The van der Waals surface area contributed by atoms with Crippen molar-refractivity contribution in [3.8, 4) is 0 Å². The summed E-state index contributed by atoms with van der Waals surface area (Å²) in [5, 5.41) is 5.87. The van der Waals surface area contributed by atoms with Gasteiger partial charge in [0.25, 0.3) is 11.8 Å². The van der Waals surface area contributed by atoms with E-state index in [1.165, 1.54) is 0 Å². The van der Waals surface area contributed by atoms with Crippen LogP contribution in [0.15, 0.2) is 48.7 Å². The first kappa shape index (κ1) is 20.0. The molecule has 0 spiro atoms. The van der Waals surface area contributed by atoms with Gasteiger partial charge in [-0.15, -0.1) is 0 Å². The molecule has 1 fully saturated rings. The summed E-state index contributed by atoms with van der Waals surface area (Å²) in [6.45, 7) is 3.72. The van der Waals surface area contributed by atoms with Gasteiger partial charge >= 0.3 is 0 Å². The maximum atomic E-state index is 12.3. The van der Waals surface area contributed by atoms with E-state index in [1.807, 2.05) is 30.3 Å². The van der Waals surface area contributed by atoms with Gasteiger partial charge in [0.1, 0.15) is 0 Å². The number of aromatic nitrogens is 1. The number of hydrogen-bond acceptors (Lipinski definition) is 4. The van der Waals surface area contributed by atoms with Crippen molar-refractivity contribution in [2.45, 2.75) is 32.3 Å². The molecule has 148 valence electrons. The number of hydrogen-bond donors (Lipinski definition) is 2. The molecule has 3 rings (SSSR count). The van der Waals surface area contributed by atoms with E-state index < -0.39 is 0 Å². The van der Waals surface area contributed by atoms with E-state index >= 15 is 0 Å². The lowest BCUT2D eigenvalue weighted by Crippen LogP contribution is -2.32. The standard InChI is InChI=1S/C22H27N3O3/c1-2-6-19-10-9-18(13-23-19)22(27)25-14-20-11-16(15-28-20)12-24-21(26)17-7-4-3-5-8-17/h3-5,7-10,13,16,20H,2,6,11-12,14-15H2,1H3,(H,24,26)(H,25,27)/t16-,20+/m1/s1. The van der Waals surface area contributed by atoms with Gasteiger partial charge in [0.2, 0.25) is 0 Å². The summed E-state index contributed by atoms with van der Waals surface area (Å²) in [6.07, 6.45) is 4.35. The van der Waals surface area contributed by atoms with Gasteiger partial charge in [-0.3, -0.25) is 14.6 Å². The zero-order chi connectivity index (χ0) is 19.8. The second-order valence-corrected chi connectivity index (χ2v) is 7.13. The summed E-state index contributed by atoms with van der Waals surface area (Å²) in [5.41, 5.74) is 2.21. The summed E-state index contributed by atoms with van der Waals surface area (Å²) in [6, 6.07) is 12.9. The zero-order valence-electron chi connectivity index (χ0n) is 16.2. The number of carbonyl (C=O) groups excluding carboxylic acids is 2. The molecule has 0 saturated carbocycles. The quantitative estimate of drug-likeness (QED) is 0.737. The molecule has 0 unspecified atom stereocenters. The SMILES string of the molecule is CCCc1ccc(C(=O)NC[C@@H]2C[C@H](CNC(=O)c3ccccc3)CO2)cn1. The van der Waals surface area contributed by atoms with E-state index in [0.717, 1.165) is 25.0 Å². The molecule has 1 aromatic carbocycles. The predicted octanol–water partition coefficient (Wildman–Crippen LogP) is 2.60. The van der Waals surface area contributed by atoms with Crippen LogP contribution in [0.2, 0.25) is 0 Å². The number of nitrogens with zero attached hydrogens (tertiary/aromatic N) is 1. The van der Waals surface area contributed by atoms with Crippen molar-refractivity contribution in [3.63, 3.8) is 0 Å². The van der Waals surface area contributed by atoms with Crippen LogP contribution >= 0.6 is 0 Å². The van der Waals surface area contributed by atoms with Gasteiger partial charge in [0.15, 0.2) is 0 Å². The molecule has 0 radical (unpaired) electrons. The average molecular weight is 381 g/mol. The molecule has 28 heavy (non-hydrogen) atoms. The maximum absolute atomic E-state index is 12.3. The van der Waals surface area contributed by atoms with Crippen LogP contribution in [-0.2, 0) is 11.2 Å². The molecule has 6 heteroatoms. The number of rotatable bonds is 8. The van der Waals surface area contributed by atoms with Crippen LogP contribution in [0, 0.1) is 5.92 Å². The molecule has 2 aromatic rings. The molecule has 1 saturated heterocycles. The van der Waals surface area contributed by atoms with Crippen molar-refractivity contribution in [2.24, 2.45) is 5.92 Å². The Morgan fingerprint density at radius 2 is 1.79 bits per heavy atom. The van der Waals surface area contributed by atoms with Crippen LogP contribution in [0.4, 0.5) is 0 Å². The first-order valence-corrected chi connectivity index (χ1v) is 9.83. The Morgan fingerprint density at radius 3 is 2.50 bits per heavy atom. The van der Waals surface area contributed by atoms with Gasteiger partial charge in [-0.05, 0) is 37.1 Å². The molecule has 1 aliphatic heterocycles. The molecule has 2 N–H and O–H groups in total. The number of pyridine rings is 1. The van der Waals surface area contributed by atoms with E-state index in [-0.39, 0.29) is 23.8 Å². The van der Waals surface area contributed by atoms with Crippen molar-refractivity contribution in [1.82, 2.24) is 15.6 Å². The first-order valence-electron chi connectivity index (χ1n) is 9.83.